The smallest absolute Gasteiger partial charge is 0.435 e. The summed E-state index contributed by atoms with van der Waals surface area (Å²) in [6.07, 6.45) is -3.55. The van der Waals surface area contributed by atoms with Crippen LogP contribution in [-0.2, 0) is 22.3 Å². The molecule has 1 aromatic rings. The predicted molar refractivity (Wildman–Crippen MR) is 58.7 cm³/mol. The molecule has 0 aliphatic rings. The van der Waals surface area contributed by atoms with Gasteiger partial charge in [-0.15, -0.1) is 0 Å². The first-order valence-corrected chi connectivity index (χ1v) is 5.23. The second-order valence-electron chi connectivity index (χ2n) is 3.49. The zero-order valence-corrected chi connectivity index (χ0v) is 10.0. The number of halogens is 3. The first kappa shape index (κ1) is 14.3. The van der Waals surface area contributed by atoms with Crippen LogP contribution < -0.4 is 0 Å². The van der Waals surface area contributed by atoms with E-state index in [1.807, 2.05) is 0 Å². The van der Waals surface area contributed by atoms with Crippen LogP contribution in [-0.4, -0.2) is 22.1 Å². The lowest BCUT2D eigenvalue weighted by molar-refractivity contribution is -0.144. The number of ether oxygens (including phenoxy) is 1. The normalized spacial score (nSPS) is 11.4. The number of imidazole rings is 1. The van der Waals surface area contributed by atoms with Gasteiger partial charge in [0, 0.05) is 0 Å². The number of aromatic nitrogens is 2. The monoisotopic (exact) mass is 262 g/mol. The Morgan fingerprint density at radius 3 is 2.61 bits per heavy atom. The van der Waals surface area contributed by atoms with Crippen LogP contribution >= 0.6 is 0 Å². The summed E-state index contributed by atoms with van der Waals surface area (Å²) in [5, 5.41) is 0. The molecule has 1 heterocycles. The van der Waals surface area contributed by atoms with Crippen molar-refractivity contribution in [3.63, 3.8) is 0 Å². The maximum Gasteiger partial charge on any atom is 0.435 e. The van der Waals surface area contributed by atoms with E-state index in [0.717, 1.165) is 10.6 Å². The number of rotatable bonds is 4. The molecule has 0 unspecified atom stereocenters. The van der Waals surface area contributed by atoms with Gasteiger partial charge in [-0.3, -0.25) is 4.79 Å². The van der Waals surface area contributed by atoms with E-state index in [2.05, 4.69) is 11.6 Å². The molecular weight excluding hydrogens is 249 g/mol. The molecule has 100 valence electrons. The van der Waals surface area contributed by atoms with Gasteiger partial charge in [0.2, 0.25) is 0 Å². The molecule has 0 aliphatic heterocycles. The summed E-state index contributed by atoms with van der Waals surface area (Å²) in [7, 11) is 0. The minimum atomic E-state index is -4.58. The molecule has 18 heavy (non-hydrogen) atoms. The summed E-state index contributed by atoms with van der Waals surface area (Å²) in [4.78, 5) is 14.7. The van der Waals surface area contributed by atoms with Crippen molar-refractivity contribution < 1.29 is 22.7 Å². The minimum Gasteiger partial charge on any atom is -0.465 e. The highest BCUT2D eigenvalue weighted by molar-refractivity contribution is 5.70. The van der Waals surface area contributed by atoms with Gasteiger partial charge in [0.05, 0.1) is 12.3 Å². The van der Waals surface area contributed by atoms with Crippen molar-refractivity contribution in [3.05, 3.63) is 23.8 Å². The van der Waals surface area contributed by atoms with E-state index in [4.69, 9.17) is 4.74 Å². The topological polar surface area (TPSA) is 44.1 Å². The molecule has 0 saturated heterocycles. The lowest BCUT2D eigenvalue weighted by atomic mass is 10.3. The Morgan fingerprint density at radius 2 is 2.17 bits per heavy atom. The highest BCUT2D eigenvalue weighted by Gasteiger charge is 2.37. The summed E-state index contributed by atoms with van der Waals surface area (Å²) in [5.41, 5.74) is -1.27. The summed E-state index contributed by atoms with van der Waals surface area (Å²) in [6.45, 7) is 6.18. The third-order valence-corrected chi connectivity index (χ3v) is 2.25. The average molecular weight is 262 g/mol. The third-order valence-electron chi connectivity index (χ3n) is 2.25. The predicted octanol–water partition coefficient (Wildman–Crippen LogP) is 2.42. The molecule has 0 radical (unpaired) electrons. The third kappa shape index (κ3) is 2.91. The summed E-state index contributed by atoms with van der Waals surface area (Å²) in [5.74, 6) is -0.528. The van der Waals surface area contributed by atoms with Crippen molar-refractivity contribution in [1.29, 1.82) is 0 Å². The highest BCUT2D eigenvalue weighted by Crippen LogP contribution is 2.32. The van der Waals surface area contributed by atoms with Crippen LogP contribution in [0.2, 0.25) is 0 Å². The molecule has 0 N–H and O–H groups in total. The lowest BCUT2D eigenvalue weighted by Gasteiger charge is -2.08. The fourth-order valence-corrected chi connectivity index (χ4v) is 1.53. The highest BCUT2D eigenvalue weighted by atomic mass is 19.4. The molecule has 1 aromatic heterocycles. The average Bonchev–Trinajstić information content (AvgIpc) is 2.56. The van der Waals surface area contributed by atoms with Crippen molar-refractivity contribution in [3.8, 4) is 0 Å². The van der Waals surface area contributed by atoms with Crippen molar-refractivity contribution in [1.82, 2.24) is 9.55 Å². The number of aryl methyl sites for hydroxylation is 1. The van der Waals surface area contributed by atoms with Crippen molar-refractivity contribution >= 4 is 12.0 Å². The van der Waals surface area contributed by atoms with Gasteiger partial charge in [0.15, 0.2) is 5.69 Å². The number of alkyl halides is 3. The Balaban J connectivity index is 3.16. The van der Waals surface area contributed by atoms with E-state index in [1.165, 1.54) is 6.92 Å². The van der Waals surface area contributed by atoms with Crippen LogP contribution in [0.5, 0.6) is 0 Å². The van der Waals surface area contributed by atoms with Crippen molar-refractivity contribution in [2.75, 3.05) is 6.61 Å². The number of hydrogen-bond donors (Lipinski definition) is 0. The molecule has 1 rings (SSSR count). The minimum absolute atomic E-state index is 0.0882. The molecule has 0 bridgehead atoms. The second-order valence-corrected chi connectivity index (χ2v) is 3.49. The quantitative estimate of drug-likeness (QED) is 0.783. The molecule has 0 amide bonds. The summed E-state index contributed by atoms with van der Waals surface area (Å²) in [6, 6.07) is 0. The maximum atomic E-state index is 12.7. The van der Waals surface area contributed by atoms with Gasteiger partial charge >= 0.3 is 12.1 Å². The molecule has 0 aromatic carbocycles. The summed E-state index contributed by atoms with van der Waals surface area (Å²) >= 11 is 0. The van der Waals surface area contributed by atoms with E-state index in [-0.39, 0.29) is 24.7 Å². The van der Waals surface area contributed by atoms with Gasteiger partial charge in [0.1, 0.15) is 12.4 Å². The zero-order valence-electron chi connectivity index (χ0n) is 10.0. The standard InChI is InChI=1S/C11H13F3N2O2/c1-4-8-10(11(12,13)14)15-7(3)16(8)6-9(17)18-5-2/h4H,1,5-6H2,2-3H3. The number of esters is 1. The van der Waals surface area contributed by atoms with Crippen LogP contribution in [0.1, 0.15) is 24.1 Å². The zero-order chi connectivity index (χ0) is 13.9. The van der Waals surface area contributed by atoms with Gasteiger partial charge < -0.3 is 9.30 Å². The van der Waals surface area contributed by atoms with Gasteiger partial charge in [-0.2, -0.15) is 13.2 Å². The van der Waals surface area contributed by atoms with Gasteiger partial charge in [-0.1, -0.05) is 6.58 Å². The molecule has 0 aliphatic carbocycles. The van der Waals surface area contributed by atoms with Crippen LogP contribution in [0.15, 0.2) is 6.58 Å². The Kier molecular flexibility index (Phi) is 4.15. The summed E-state index contributed by atoms with van der Waals surface area (Å²) < 4.78 is 43.8. The largest absolute Gasteiger partial charge is 0.465 e. The Labute approximate surface area is 102 Å². The fraction of sp³-hybridized carbons (Fsp3) is 0.455. The van der Waals surface area contributed by atoms with Crippen LogP contribution in [0.3, 0.4) is 0 Å². The Hall–Kier alpha value is -1.79. The molecule has 0 spiro atoms. The fourth-order valence-electron chi connectivity index (χ4n) is 1.53. The lowest BCUT2D eigenvalue weighted by Crippen LogP contribution is -2.16. The Morgan fingerprint density at radius 1 is 1.56 bits per heavy atom. The van der Waals surface area contributed by atoms with Crippen molar-refractivity contribution in [2.24, 2.45) is 0 Å². The SMILES string of the molecule is C=Cc1c(C(F)(F)F)nc(C)n1CC(=O)OCC. The molecule has 0 saturated carbocycles. The molecule has 7 heteroatoms. The number of nitrogens with zero attached hydrogens (tertiary/aromatic N) is 2. The molecular formula is C11H13F3N2O2. The molecule has 0 atom stereocenters. The number of carbonyl (C=O) groups excluding carboxylic acids is 1. The molecule has 4 nitrogen and oxygen atoms in total. The van der Waals surface area contributed by atoms with E-state index in [9.17, 15) is 18.0 Å². The van der Waals surface area contributed by atoms with E-state index in [1.54, 1.807) is 6.92 Å². The van der Waals surface area contributed by atoms with Crippen molar-refractivity contribution in [2.45, 2.75) is 26.6 Å². The van der Waals surface area contributed by atoms with Gasteiger partial charge in [-0.05, 0) is 19.9 Å². The molecule has 0 fully saturated rings. The second kappa shape index (κ2) is 5.24. The van der Waals surface area contributed by atoms with Crippen LogP contribution in [0.4, 0.5) is 13.2 Å². The number of hydrogen-bond acceptors (Lipinski definition) is 3. The maximum absolute atomic E-state index is 12.7. The van der Waals surface area contributed by atoms with E-state index < -0.39 is 17.8 Å². The first-order chi connectivity index (χ1) is 8.31. The van der Waals surface area contributed by atoms with E-state index in [0.29, 0.717) is 0 Å². The van der Waals surface area contributed by atoms with Crippen LogP contribution in [0, 0.1) is 6.92 Å². The Bertz CT molecular complexity index is 464. The van der Waals surface area contributed by atoms with E-state index >= 15 is 0 Å². The number of carbonyl (C=O) groups is 1. The van der Waals surface area contributed by atoms with Gasteiger partial charge in [0.25, 0.3) is 0 Å². The first-order valence-electron chi connectivity index (χ1n) is 5.23. The van der Waals surface area contributed by atoms with Gasteiger partial charge in [-0.25, -0.2) is 4.98 Å². The van der Waals surface area contributed by atoms with Crippen LogP contribution in [0.25, 0.3) is 6.08 Å².